The second kappa shape index (κ2) is 7.53. The van der Waals surface area contributed by atoms with Gasteiger partial charge in [0.05, 0.1) is 12.1 Å². The van der Waals surface area contributed by atoms with Gasteiger partial charge in [0.25, 0.3) is 0 Å². The fourth-order valence-electron chi connectivity index (χ4n) is 2.94. The van der Waals surface area contributed by atoms with Gasteiger partial charge in [-0.25, -0.2) is 22.6 Å². The van der Waals surface area contributed by atoms with Crippen LogP contribution in [0.3, 0.4) is 0 Å². The van der Waals surface area contributed by atoms with Crippen molar-refractivity contribution in [1.82, 2.24) is 20.0 Å². The molecule has 5 nitrogen and oxygen atoms in total. The van der Waals surface area contributed by atoms with Crippen molar-refractivity contribution in [2.75, 3.05) is 13.1 Å². The number of aromatic nitrogens is 2. The van der Waals surface area contributed by atoms with E-state index < -0.39 is 41.6 Å². The summed E-state index contributed by atoms with van der Waals surface area (Å²) in [7, 11) is 0. The first-order valence-electron chi connectivity index (χ1n) is 8.39. The molecule has 0 spiro atoms. The van der Waals surface area contributed by atoms with Crippen LogP contribution in [0.4, 0.5) is 26.7 Å². The van der Waals surface area contributed by atoms with Crippen LogP contribution in [-0.2, 0) is 6.42 Å². The number of piperidine rings is 1. The Kier molecular flexibility index (Phi) is 5.33. The van der Waals surface area contributed by atoms with Crippen molar-refractivity contribution in [2.45, 2.75) is 31.7 Å². The quantitative estimate of drug-likeness (QED) is 0.643. The number of alkyl halides is 2. The monoisotopic (exact) mass is 388 g/mol. The normalized spacial score (nSPS) is 15.1. The van der Waals surface area contributed by atoms with Gasteiger partial charge in [-0.1, -0.05) is 0 Å². The van der Waals surface area contributed by atoms with Crippen LogP contribution >= 0.6 is 0 Å². The number of carbonyl (C=O) groups excluding carboxylic acids is 1. The molecule has 2 aromatic rings. The summed E-state index contributed by atoms with van der Waals surface area (Å²) >= 11 is 0. The Morgan fingerprint density at radius 3 is 2.37 bits per heavy atom. The topological polar surface area (TPSA) is 50.2 Å². The number of benzene rings is 1. The van der Waals surface area contributed by atoms with E-state index in [1.165, 1.54) is 4.90 Å². The number of urea groups is 1. The zero-order valence-corrected chi connectivity index (χ0v) is 14.2. The highest BCUT2D eigenvalue weighted by atomic mass is 19.3. The highest BCUT2D eigenvalue weighted by Crippen LogP contribution is 2.21. The van der Waals surface area contributed by atoms with Crippen molar-refractivity contribution in [2.24, 2.45) is 0 Å². The molecule has 0 radical (unpaired) electrons. The van der Waals surface area contributed by atoms with Crippen LogP contribution in [0.2, 0.25) is 0 Å². The van der Waals surface area contributed by atoms with Gasteiger partial charge >= 0.3 is 12.1 Å². The number of nitrogens with one attached hydrogen (secondary N) is 1. The average molecular weight is 388 g/mol. The van der Waals surface area contributed by atoms with Gasteiger partial charge in [-0.05, 0) is 25.3 Å². The van der Waals surface area contributed by atoms with Gasteiger partial charge in [0, 0.05) is 31.4 Å². The van der Waals surface area contributed by atoms with E-state index in [0.717, 1.165) is 31.5 Å². The van der Waals surface area contributed by atoms with Crippen molar-refractivity contribution in [3.8, 4) is 5.69 Å². The smallest absolute Gasteiger partial charge is 0.325 e. The van der Waals surface area contributed by atoms with Gasteiger partial charge in [-0.2, -0.15) is 13.9 Å². The largest absolute Gasteiger partial charge is 0.332 e. The van der Waals surface area contributed by atoms with E-state index in [-0.39, 0.29) is 5.69 Å². The molecule has 1 aromatic heterocycles. The zero-order valence-electron chi connectivity index (χ0n) is 14.2. The van der Waals surface area contributed by atoms with Crippen molar-refractivity contribution in [1.29, 1.82) is 0 Å². The fourth-order valence-corrected chi connectivity index (χ4v) is 2.94. The van der Waals surface area contributed by atoms with Gasteiger partial charge in [0.2, 0.25) is 0 Å². The average Bonchev–Trinajstić information content (AvgIpc) is 3.01. The van der Waals surface area contributed by atoms with E-state index in [1.54, 1.807) is 5.32 Å². The molecule has 0 saturated carbocycles. The lowest BCUT2D eigenvalue weighted by Gasteiger charge is -2.28. The third-order valence-corrected chi connectivity index (χ3v) is 4.19. The Bertz CT molecular complexity index is 809. The van der Waals surface area contributed by atoms with Crippen LogP contribution in [0, 0.1) is 17.5 Å². The van der Waals surface area contributed by atoms with Gasteiger partial charge in [0.1, 0.15) is 11.5 Å². The van der Waals surface area contributed by atoms with Crippen molar-refractivity contribution in [3.63, 3.8) is 0 Å². The molecule has 1 aliphatic rings. The summed E-state index contributed by atoms with van der Waals surface area (Å²) in [4.78, 5) is 13.2. The molecular weight excluding hydrogens is 371 g/mol. The molecule has 2 heterocycles. The summed E-state index contributed by atoms with van der Waals surface area (Å²) in [5.41, 5.74) is -0.870. The predicted octanol–water partition coefficient (Wildman–Crippen LogP) is 3.62. The van der Waals surface area contributed by atoms with E-state index in [1.807, 2.05) is 0 Å². The highest BCUT2D eigenvalue weighted by Gasteiger charge is 2.34. The Labute approximate surface area is 151 Å². The Balaban J connectivity index is 1.70. The first kappa shape index (κ1) is 19.1. The second-order valence-corrected chi connectivity index (χ2v) is 6.33. The molecular formula is C17H17F5N4O. The molecule has 1 saturated heterocycles. The zero-order chi connectivity index (χ0) is 19.6. The molecule has 1 fully saturated rings. The Morgan fingerprint density at radius 1 is 1.11 bits per heavy atom. The van der Waals surface area contributed by atoms with Gasteiger partial charge in [-0.3, -0.25) is 5.32 Å². The number of halogens is 5. The maximum Gasteiger partial charge on any atom is 0.332 e. The summed E-state index contributed by atoms with van der Waals surface area (Å²) in [5.74, 6) is -3.53. The number of amides is 2. The fraction of sp³-hybridized carbons (Fsp3) is 0.412. The summed E-state index contributed by atoms with van der Waals surface area (Å²) in [5, 5.41) is 5.37. The van der Waals surface area contributed by atoms with Gasteiger partial charge in [-0.15, -0.1) is 0 Å². The minimum absolute atomic E-state index is 0.193. The summed E-state index contributed by atoms with van der Waals surface area (Å²) in [6.07, 6.45) is 2.60. The minimum atomic E-state index is -3.59. The number of carbonyl (C=O) groups is 1. The third-order valence-electron chi connectivity index (χ3n) is 4.19. The molecule has 27 heavy (non-hydrogen) atoms. The summed E-state index contributed by atoms with van der Waals surface area (Å²) < 4.78 is 69.5. The lowest BCUT2D eigenvalue weighted by atomic mass is 10.1. The van der Waals surface area contributed by atoms with Crippen LogP contribution in [0.5, 0.6) is 0 Å². The first-order chi connectivity index (χ1) is 12.7. The van der Waals surface area contributed by atoms with E-state index >= 15 is 0 Å². The lowest BCUT2D eigenvalue weighted by molar-refractivity contribution is -0.0268. The van der Waals surface area contributed by atoms with Crippen molar-refractivity contribution in [3.05, 3.63) is 47.5 Å². The maximum atomic E-state index is 14.1. The molecule has 146 valence electrons. The Morgan fingerprint density at radius 2 is 1.74 bits per heavy atom. The standard InChI is InChI=1S/C17H17F5N4O/c18-11-8-13(19)15(14(20)9-11)26-7-4-12(24-26)10-17(21,22)23-16(27)25-5-2-1-3-6-25/h4,7-9H,1-3,5-6,10H2,(H,23,27). The number of rotatable bonds is 4. The molecule has 1 N–H and O–H groups in total. The van der Waals surface area contributed by atoms with E-state index in [2.05, 4.69) is 5.10 Å². The molecule has 2 amide bonds. The van der Waals surface area contributed by atoms with Crippen LogP contribution in [0.15, 0.2) is 24.4 Å². The minimum Gasteiger partial charge on any atom is -0.325 e. The number of hydrogen-bond donors (Lipinski definition) is 1. The van der Waals surface area contributed by atoms with Gasteiger partial charge in [0.15, 0.2) is 11.6 Å². The molecule has 10 heteroatoms. The predicted molar refractivity (Wildman–Crippen MR) is 86.0 cm³/mol. The van der Waals surface area contributed by atoms with E-state index in [0.29, 0.717) is 29.9 Å². The summed E-state index contributed by atoms with van der Waals surface area (Å²) in [6.45, 7) is 0.833. The third kappa shape index (κ3) is 4.55. The molecule has 0 bridgehead atoms. The number of likely N-dealkylation sites (tertiary alicyclic amines) is 1. The van der Waals surface area contributed by atoms with Crippen molar-refractivity contribution >= 4 is 6.03 Å². The second-order valence-electron chi connectivity index (χ2n) is 6.33. The molecule has 0 atom stereocenters. The Hall–Kier alpha value is -2.65. The van der Waals surface area contributed by atoms with Gasteiger partial charge < -0.3 is 4.90 Å². The maximum absolute atomic E-state index is 14.1. The lowest BCUT2D eigenvalue weighted by Crippen LogP contribution is -2.51. The molecule has 1 aliphatic heterocycles. The van der Waals surface area contributed by atoms with Crippen LogP contribution in [0.1, 0.15) is 25.0 Å². The molecule has 1 aromatic carbocycles. The molecule has 0 unspecified atom stereocenters. The first-order valence-corrected chi connectivity index (χ1v) is 8.39. The summed E-state index contributed by atoms with van der Waals surface area (Å²) in [6, 6.07) is -2.38. The van der Waals surface area contributed by atoms with Crippen LogP contribution < -0.4 is 5.32 Å². The van der Waals surface area contributed by atoms with E-state index in [9.17, 15) is 26.7 Å². The highest BCUT2D eigenvalue weighted by molar-refractivity contribution is 5.74. The van der Waals surface area contributed by atoms with Crippen LogP contribution in [-0.4, -0.2) is 39.8 Å². The van der Waals surface area contributed by atoms with Crippen molar-refractivity contribution < 1.29 is 26.7 Å². The number of hydrogen-bond acceptors (Lipinski definition) is 2. The number of nitrogens with zero attached hydrogens (tertiary/aromatic N) is 3. The molecule has 0 aliphatic carbocycles. The SMILES string of the molecule is O=C(NC(F)(F)Cc1ccn(-c2c(F)cc(F)cc2F)n1)N1CCCCC1. The van der Waals surface area contributed by atoms with Crippen LogP contribution in [0.25, 0.3) is 5.69 Å². The van der Waals surface area contributed by atoms with E-state index in [4.69, 9.17) is 0 Å². The molecule has 3 rings (SSSR count).